The number of ether oxygens (including phenoxy) is 1. The van der Waals surface area contributed by atoms with Crippen LogP contribution in [0.4, 0.5) is 0 Å². The second-order valence-corrected chi connectivity index (χ2v) is 5.53. The topological polar surface area (TPSA) is 50.4 Å². The van der Waals surface area contributed by atoms with Gasteiger partial charge in [0.2, 0.25) is 5.91 Å². The van der Waals surface area contributed by atoms with Crippen molar-refractivity contribution in [1.29, 1.82) is 0 Å². The molecule has 0 heterocycles. The lowest BCUT2D eigenvalue weighted by Gasteiger charge is -2.18. The minimum Gasteiger partial charge on any atom is -0.493 e. The van der Waals surface area contributed by atoms with Gasteiger partial charge in [0.05, 0.1) is 13.0 Å². The summed E-state index contributed by atoms with van der Waals surface area (Å²) in [4.78, 5) is 11.6. The molecular formula is C17H28N2O2. The van der Waals surface area contributed by atoms with Crippen LogP contribution in [0.5, 0.6) is 5.75 Å². The molecule has 1 aromatic carbocycles. The van der Waals surface area contributed by atoms with Crippen LogP contribution in [0.2, 0.25) is 0 Å². The summed E-state index contributed by atoms with van der Waals surface area (Å²) in [6.45, 7) is 9.56. The van der Waals surface area contributed by atoms with Crippen molar-refractivity contribution in [1.82, 2.24) is 10.6 Å². The lowest BCUT2D eigenvalue weighted by atomic mass is 10.1. The summed E-state index contributed by atoms with van der Waals surface area (Å²) in [6.07, 6.45) is 1.48. The van der Waals surface area contributed by atoms with E-state index in [0.29, 0.717) is 13.0 Å². The van der Waals surface area contributed by atoms with Crippen molar-refractivity contribution in [3.63, 3.8) is 0 Å². The zero-order valence-electron chi connectivity index (χ0n) is 13.6. The summed E-state index contributed by atoms with van der Waals surface area (Å²) in [5.74, 6) is 0.880. The molecule has 0 radical (unpaired) electrons. The molecule has 0 saturated heterocycles. The average molecular weight is 292 g/mol. The number of amides is 1. The summed E-state index contributed by atoms with van der Waals surface area (Å²) in [7, 11) is 0. The lowest BCUT2D eigenvalue weighted by Crippen LogP contribution is -2.31. The van der Waals surface area contributed by atoms with Crippen molar-refractivity contribution in [2.24, 2.45) is 0 Å². The van der Waals surface area contributed by atoms with E-state index >= 15 is 0 Å². The molecule has 118 valence electrons. The van der Waals surface area contributed by atoms with Gasteiger partial charge in [-0.1, -0.05) is 25.1 Å². The van der Waals surface area contributed by atoms with Crippen LogP contribution in [-0.2, 0) is 4.79 Å². The van der Waals surface area contributed by atoms with Crippen LogP contribution in [0.3, 0.4) is 0 Å². The van der Waals surface area contributed by atoms with Crippen LogP contribution in [-0.4, -0.2) is 25.1 Å². The highest BCUT2D eigenvalue weighted by Crippen LogP contribution is 2.24. The van der Waals surface area contributed by atoms with Crippen LogP contribution in [0, 0.1) is 0 Å². The molecule has 21 heavy (non-hydrogen) atoms. The maximum absolute atomic E-state index is 11.6. The van der Waals surface area contributed by atoms with Gasteiger partial charge in [-0.3, -0.25) is 4.79 Å². The number of benzene rings is 1. The minimum atomic E-state index is 0.0274. The third kappa shape index (κ3) is 6.63. The fourth-order valence-electron chi connectivity index (χ4n) is 2.09. The summed E-state index contributed by atoms with van der Waals surface area (Å²) in [6, 6.07) is 8.40. The Balaban J connectivity index is 2.53. The van der Waals surface area contributed by atoms with Gasteiger partial charge in [0.15, 0.2) is 0 Å². The smallest absolute Gasteiger partial charge is 0.223 e. The summed E-state index contributed by atoms with van der Waals surface area (Å²) >= 11 is 0. The molecule has 1 atom stereocenters. The number of hydrogen-bond acceptors (Lipinski definition) is 3. The Kier molecular flexibility index (Phi) is 7.83. The van der Waals surface area contributed by atoms with Crippen LogP contribution < -0.4 is 15.4 Å². The molecule has 1 aromatic rings. The maximum Gasteiger partial charge on any atom is 0.223 e. The Morgan fingerprint density at radius 2 is 1.95 bits per heavy atom. The molecule has 1 rings (SSSR count). The molecule has 0 aliphatic heterocycles. The first-order valence-electron chi connectivity index (χ1n) is 7.79. The molecular weight excluding hydrogens is 264 g/mol. The van der Waals surface area contributed by atoms with Gasteiger partial charge >= 0.3 is 0 Å². The van der Waals surface area contributed by atoms with Crippen LogP contribution >= 0.6 is 0 Å². The third-order valence-corrected chi connectivity index (χ3v) is 3.12. The SMILES string of the molecule is CCCNC(C)c1ccccc1OCCC(=O)NC(C)C. The molecule has 0 aromatic heterocycles. The van der Waals surface area contributed by atoms with E-state index < -0.39 is 0 Å². The normalized spacial score (nSPS) is 12.2. The van der Waals surface area contributed by atoms with Crippen molar-refractivity contribution in [3.05, 3.63) is 29.8 Å². The summed E-state index contributed by atoms with van der Waals surface area (Å²) in [5.41, 5.74) is 1.13. The molecule has 4 nitrogen and oxygen atoms in total. The van der Waals surface area contributed by atoms with Crippen molar-refractivity contribution >= 4 is 5.91 Å². The molecule has 0 bridgehead atoms. The number of rotatable bonds is 9. The van der Waals surface area contributed by atoms with Gasteiger partial charge in [-0.25, -0.2) is 0 Å². The average Bonchev–Trinajstić information content (AvgIpc) is 2.44. The Morgan fingerprint density at radius 1 is 1.24 bits per heavy atom. The maximum atomic E-state index is 11.6. The standard InChI is InChI=1S/C17H28N2O2/c1-5-11-18-14(4)15-8-6-7-9-16(15)21-12-10-17(20)19-13(2)3/h6-9,13-14,18H,5,10-12H2,1-4H3,(H,19,20). The van der Waals surface area contributed by atoms with Gasteiger partial charge in [0.25, 0.3) is 0 Å². The number of carbonyl (C=O) groups excluding carboxylic acids is 1. The van der Waals surface area contributed by atoms with E-state index in [9.17, 15) is 4.79 Å². The lowest BCUT2D eigenvalue weighted by molar-refractivity contribution is -0.122. The van der Waals surface area contributed by atoms with E-state index in [0.717, 1.165) is 24.3 Å². The van der Waals surface area contributed by atoms with Gasteiger partial charge < -0.3 is 15.4 Å². The quantitative estimate of drug-likeness (QED) is 0.735. The first kappa shape index (κ1) is 17.5. The minimum absolute atomic E-state index is 0.0274. The molecule has 0 saturated carbocycles. The zero-order chi connectivity index (χ0) is 15.7. The highest BCUT2D eigenvalue weighted by molar-refractivity contribution is 5.76. The molecule has 1 unspecified atom stereocenters. The molecule has 1 amide bonds. The molecule has 0 aliphatic rings. The number of hydrogen-bond donors (Lipinski definition) is 2. The van der Waals surface area contributed by atoms with E-state index in [4.69, 9.17) is 4.74 Å². The predicted octanol–water partition coefficient (Wildman–Crippen LogP) is 3.04. The Labute approximate surface area is 128 Å². The second kappa shape index (κ2) is 9.40. The molecule has 4 heteroatoms. The summed E-state index contributed by atoms with van der Waals surface area (Å²) in [5, 5.41) is 6.32. The van der Waals surface area contributed by atoms with Crippen LogP contribution in [0.15, 0.2) is 24.3 Å². The van der Waals surface area contributed by atoms with Gasteiger partial charge in [-0.05, 0) is 39.8 Å². The number of nitrogens with one attached hydrogen (secondary N) is 2. The number of para-hydroxylation sites is 1. The number of carbonyl (C=O) groups is 1. The summed E-state index contributed by atoms with van der Waals surface area (Å²) < 4.78 is 5.79. The first-order chi connectivity index (χ1) is 10.0. The van der Waals surface area contributed by atoms with Crippen molar-refractivity contribution < 1.29 is 9.53 Å². The van der Waals surface area contributed by atoms with E-state index in [1.165, 1.54) is 0 Å². The highest BCUT2D eigenvalue weighted by Gasteiger charge is 2.11. The van der Waals surface area contributed by atoms with Gasteiger partial charge in [-0.15, -0.1) is 0 Å². The highest BCUT2D eigenvalue weighted by atomic mass is 16.5. The van der Waals surface area contributed by atoms with Crippen molar-refractivity contribution in [3.8, 4) is 5.75 Å². The third-order valence-electron chi connectivity index (χ3n) is 3.12. The van der Waals surface area contributed by atoms with Crippen LogP contribution in [0.25, 0.3) is 0 Å². The van der Waals surface area contributed by atoms with Gasteiger partial charge in [-0.2, -0.15) is 0 Å². The molecule has 2 N–H and O–H groups in total. The van der Waals surface area contributed by atoms with E-state index in [1.54, 1.807) is 0 Å². The van der Waals surface area contributed by atoms with E-state index in [2.05, 4.69) is 30.5 Å². The van der Waals surface area contributed by atoms with Crippen molar-refractivity contribution in [2.45, 2.75) is 52.6 Å². The Bertz CT molecular complexity index is 433. The Morgan fingerprint density at radius 3 is 2.62 bits per heavy atom. The van der Waals surface area contributed by atoms with Gasteiger partial charge in [0.1, 0.15) is 5.75 Å². The molecule has 0 spiro atoms. The largest absolute Gasteiger partial charge is 0.493 e. The first-order valence-corrected chi connectivity index (χ1v) is 7.79. The van der Waals surface area contributed by atoms with E-state index in [1.807, 2.05) is 32.0 Å². The predicted molar refractivity (Wildman–Crippen MR) is 86.5 cm³/mol. The fourth-order valence-corrected chi connectivity index (χ4v) is 2.09. The Hall–Kier alpha value is -1.55. The van der Waals surface area contributed by atoms with Crippen molar-refractivity contribution in [2.75, 3.05) is 13.2 Å². The molecule has 0 fully saturated rings. The second-order valence-electron chi connectivity index (χ2n) is 5.53. The van der Waals surface area contributed by atoms with Crippen LogP contribution in [0.1, 0.15) is 52.1 Å². The zero-order valence-corrected chi connectivity index (χ0v) is 13.6. The van der Waals surface area contributed by atoms with E-state index in [-0.39, 0.29) is 18.0 Å². The van der Waals surface area contributed by atoms with Gasteiger partial charge in [0, 0.05) is 17.6 Å². The monoisotopic (exact) mass is 292 g/mol. The molecule has 0 aliphatic carbocycles. The fraction of sp³-hybridized carbons (Fsp3) is 0.588.